The number of hydrogen-bond acceptors (Lipinski definition) is 3. The van der Waals surface area contributed by atoms with Gasteiger partial charge in [-0.15, -0.1) is 10.2 Å². The molecule has 5 heteroatoms. The minimum atomic E-state index is 0.607. The molecule has 2 rings (SSSR count). The number of nitrogens with one attached hydrogen (secondary N) is 1. The van der Waals surface area contributed by atoms with Crippen LogP contribution in [-0.4, -0.2) is 20.6 Å². The largest absolute Gasteiger partial charge is 0.205 e. The number of aryl methyl sites for hydroxylation is 1. The molecule has 2 aromatic rings. The van der Waals surface area contributed by atoms with Crippen LogP contribution in [0.3, 0.4) is 0 Å². The standard InChI is InChI=1S/C8H7BrN4/c1-5-2-3-7(9)6(4-5)8-10-12-13-11-8/h2-4H,1H3,(H,10,11,12,13). The molecule has 1 aromatic heterocycles. The van der Waals surface area contributed by atoms with Gasteiger partial charge in [-0.2, -0.15) is 5.21 Å². The minimum Gasteiger partial charge on any atom is -0.177 e. The number of tetrazole rings is 1. The van der Waals surface area contributed by atoms with Crippen LogP contribution in [0.25, 0.3) is 11.4 Å². The summed E-state index contributed by atoms with van der Waals surface area (Å²) in [6.45, 7) is 2.02. The molecule has 0 bridgehead atoms. The summed E-state index contributed by atoms with van der Waals surface area (Å²) in [4.78, 5) is 0. The number of H-pyrrole nitrogens is 1. The van der Waals surface area contributed by atoms with Crippen molar-refractivity contribution in [1.82, 2.24) is 20.6 Å². The van der Waals surface area contributed by atoms with E-state index in [9.17, 15) is 0 Å². The van der Waals surface area contributed by atoms with Gasteiger partial charge in [0.1, 0.15) is 0 Å². The van der Waals surface area contributed by atoms with Gasteiger partial charge in [-0.3, -0.25) is 0 Å². The second-order valence-corrected chi connectivity index (χ2v) is 3.57. The summed E-state index contributed by atoms with van der Waals surface area (Å²) in [6.07, 6.45) is 0. The SMILES string of the molecule is Cc1ccc(Br)c(-c2nn[nH]n2)c1. The zero-order chi connectivity index (χ0) is 9.26. The average Bonchev–Trinajstić information content (AvgIpc) is 2.61. The zero-order valence-electron chi connectivity index (χ0n) is 6.95. The fourth-order valence-corrected chi connectivity index (χ4v) is 1.51. The highest BCUT2D eigenvalue weighted by atomic mass is 79.9. The van der Waals surface area contributed by atoms with Crippen molar-refractivity contribution >= 4 is 15.9 Å². The molecule has 0 aliphatic carbocycles. The molecule has 1 heterocycles. The van der Waals surface area contributed by atoms with E-state index in [1.54, 1.807) is 0 Å². The first-order valence-corrected chi connectivity index (χ1v) is 4.56. The Balaban J connectivity index is 2.57. The molecule has 13 heavy (non-hydrogen) atoms. The molecule has 0 unspecified atom stereocenters. The topological polar surface area (TPSA) is 54.5 Å². The summed E-state index contributed by atoms with van der Waals surface area (Å²) in [5.41, 5.74) is 2.12. The van der Waals surface area contributed by atoms with Crippen LogP contribution in [0.2, 0.25) is 0 Å². The van der Waals surface area contributed by atoms with E-state index in [2.05, 4.69) is 36.6 Å². The van der Waals surface area contributed by atoms with Crippen LogP contribution in [0, 0.1) is 6.92 Å². The van der Waals surface area contributed by atoms with Crippen molar-refractivity contribution in [3.63, 3.8) is 0 Å². The third-order valence-electron chi connectivity index (χ3n) is 1.71. The van der Waals surface area contributed by atoms with Crippen molar-refractivity contribution in [2.75, 3.05) is 0 Å². The molecule has 0 atom stereocenters. The van der Waals surface area contributed by atoms with Crippen molar-refractivity contribution in [3.05, 3.63) is 28.2 Å². The number of hydrogen-bond donors (Lipinski definition) is 1. The Morgan fingerprint density at radius 1 is 1.38 bits per heavy atom. The molecule has 66 valence electrons. The molecular weight excluding hydrogens is 232 g/mol. The highest BCUT2D eigenvalue weighted by Gasteiger charge is 2.06. The van der Waals surface area contributed by atoms with Gasteiger partial charge in [-0.25, -0.2) is 0 Å². The lowest BCUT2D eigenvalue weighted by molar-refractivity contribution is 0.881. The van der Waals surface area contributed by atoms with E-state index in [1.165, 1.54) is 5.56 Å². The maximum Gasteiger partial charge on any atom is 0.205 e. The van der Waals surface area contributed by atoms with Gasteiger partial charge in [-0.05, 0) is 24.3 Å². The van der Waals surface area contributed by atoms with Crippen LogP contribution >= 0.6 is 15.9 Å². The van der Waals surface area contributed by atoms with E-state index in [-0.39, 0.29) is 0 Å². The molecule has 0 spiro atoms. The first kappa shape index (κ1) is 8.37. The van der Waals surface area contributed by atoms with Crippen LogP contribution < -0.4 is 0 Å². The van der Waals surface area contributed by atoms with Crippen molar-refractivity contribution in [2.45, 2.75) is 6.92 Å². The summed E-state index contributed by atoms with van der Waals surface area (Å²) in [6, 6.07) is 6.00. The first-order valence-electron chi connectivity index (χ1n) is 3.77. The van der Waals surface area contributed by atoms with Crippen LogP contribution in [0.1, 0.15) is 5.56 Å². The van der Waals surface area contributed by atoms with Gasteiger partial charge >= 0.3 is 0 Å². The van der Waals surface area contributed by atoms with Gasteiger partial charge < -0.3 is 0 Å². The van der Waals surface area contributed by atoms with Crippen molar-refractivity contribution < 1.29 is 0 Å². The second kappa shape index (κ2) is 3.26. The van der Waals surface area contributed by atoms with Crippen molar-refractivity contribution in [2.24, 2.45) is 0 Å². The first-order chi connectivity index (χ1) is 6.27. The Labute approximate surface area is 83.5 Å². The molecule has 0 fully saturated rings. The fraction of sp³-hybridized carbons (Fsp3) is 0.125. The summed E-state index contributed by atoms with van der Waals surface area (Å²) < 4.78 is 0.972. The monoisotopic (exact) mass is 238 g/mol. The lowest BCUT2D eigenvalue weighted by Crippen LogP contribution is -1.84. The van der Waals surface area contributed by atoms with Gasteiger partial charge in [0.2, 0.25) is 5.82 Å². The fourth-order valence-electron chi connectivity index (χ4n) is 1.09. The molecule has 1 N–H and O–H groups in total. The molecule has 0 saturated heterocycles. The minimum absolute atomic E-state index is 0.607. The van der Waals surface area contributed by atoms with Crippen LogP contribution in [0.5, 0.6) is 0 Å². The van der Waals surface area contributed by atoms with E-state index in [1.807, 2.05) is 25.1 Å². The normalized spacial score (nSPS) is 10.3. The number of rotatable bonds is 1. The van der Waals surface area contributed by atoms with E-state index in [4.69, 9.17) is 0 Å². The number of nitrogens with zero attached hydrogens (tertiary/aromatic N) is 3. The highest BCUT2D eigenvalue weighted by molar-refractivity contribution is 9.10. The third-order valence-corrected chi connectivity index (χ3v) is 2.40. The molecule has 0 amide bonds. The summed E-state index contributed by atoms with van der Waals surface area (Å²) in [7, 11) is 0. The molecular formula is C8H7BrN4. The van der Waals surface area contributed by atoms with Gasteiger partial charge in [0.25, 0.3) is 0 Å². The van der Waals surface area contributed by atoms with Gasteiger partial charge in [0, 0.05) is 10.0 Å². The van der Waals surface area contributed by atoms with Crippen LogP contribution in [0.4, 0.5) is 0 Å². The maximum absolute atomic E-state index is 3.91. The second-order valence-electron chi connectivity index (χ2n) is 2.72. The maximum atomic E-state index is 3.91. The quantitative estimate of drug-likeness (QED) is 0.827. The lowest BCUT2D eigenvalue weighted by Gasteiger charge is -1.99. The van der Waals surface area contributed by atoms with Crippen molar-refractivity contribution in [1.29, 1.82) is 0 Å². The summed E-state index contributed by atoms with van der Waals surface area (Å²) in [5, 5.41) is 13.8. The zero-order valence-corrected chi connectivity index (χ0v) is 8.54. The summed E-state index contributed by atoms with van der Waals surface area (Å²) >= 11 is 3.43. The smallest absolute Gasteiger partial charge is 0.177 e. The van der Waals surface area contributed by atoms with Crippen molar-refractivity contribution in [3.8, 4) is 11.4 Å². The Kier molecular flexibility index (Phi) is 2.10. The number of halogens is 1. The van der Waals surface area contributed by atoms with Gasteiger partial charge in [0.15, 0.2) is 0 Å². The Hall–Kier alpha value is -1.23. The predicted octanol–water partition coefficient (Wildman–Crippen LogP) is 1.94. The average molecular weight is 239 g/mol. The lowest BCUT2D eigenvalue weighted by atomic mass is 10.1. The number of aromatic nitrogens is 4. The van der Waals surface area contributed by atoms with E-state index in [0.717, 1.165) is 10.0 Å². The summed E-state index contributed by atoms with van der Waals surface area (Å²) in [5.74, 6) is 0.607. The Bertz CT molecular complexity index is 410. The van der Waals surface area contributed by atoms with Gasteiger partial charge in [0.05, 0.1) is 0 Å². The molecule has 0 aliphatic rings. The molecule has 0 saturated carbocycles. The Morgan fingerprint density at radius 2 is 2.23 bits per heavy atom. The van der Waals surface area contributed by atoms with E-state index >= 15 is 0 Å². The third kappa shape index (κ3) is 1.60. The van der Waals surface area contributed by atoms with E-state index in [0.29, 0.717) is 5.82 Å². The van der Waals surface area contributed by atoms with E-state index < -0.39 is 0 Å². The van der Waals surface area contributed by atoms with Crippen LogP contribution in [0.15, 0.2) is 22.7 Å². The molecule has 0 aliphatic heterocycles. The number of aromatic amines is 1. The van der Waals surface area contributed by atoms with Crippen LogP contribution in [-0.2, 0) is 0 Å². The highest BCUT2D eigenvalue weighted by Crippen LogP contribution is 2.25. The Morgan fingerprint density at radius 3 is 2.92 bits per heavy atom. The predicted molar refractivity (Wildman–Crippen MR) is 52.1 cm³/mol. The molecule has 0 radical (unpaired) electrons. The molecule has 4 nitrogen and oxygen atoms in total. The number of benzene rings is 1. The van der Waals surface area contributed by atoms with Gasteiger partial charge in [-0.1, -0.05) is 27.6 Å². The molecule has 1 aromatic carbocycles.